The van der Waals surface area contributed by atoms with Gasteiger partial charge in [0.25, 0.3) is 0 Å². The number of hydrogen-bond donors (Lipinski definition) is 2. The number of pyridine rings is 1. The monoisotopic (exact) mass is 505 g/mol. The van der Waals surface area contributed by atoms with Crippen molar-refractivity contribution in [3.05, 3.63) is 65.9 Å². The van der Waals surface area contributed by atoms with Gasteiger partial charge in [0.1, 0.15) is 0 Å². The fraction of sp³-hybridized carbons (Fsp3) is 0.385. The number of hydrogen-bond acceptors (Lipinski definition) is 10. The Kier molecular flexibility index (Phi) is 8.14. The van der Waals surface area contributed by atoms with Crippen molar-refractivity contribution < 1.29 is 9.13 Å². The smallest absolute Gasteiger partial charge is 0.245 e. The minimum absolute atomic E-state index is 0.213. The van der Waals surface area contributed by atoms with E-state index >= 15 is 0 Å². The Labute approximate surface area is 216 Å². The minimum atomic E-state index is -0.468. The van der Waals surface area contributed by atoms with Crippen molar-refractivity contribution in [2.24, 2.45) is 5.10 Å². The summed E-state index contributed by atoms with van der Waals surface area (Å²) in [7, 11) is 2.17. The Morgan fingerprint density at radius 3 is 2.57 bits per heavy atom. The second-order valence-corrected chi connectivity index (χ2v) is 9.21. The average Bonchev–Trinajstić information content (AvgIpc) is 2.93. The van der Waals surface area contributed by atoms with Crippen LogP contribution < -0.4 is 15.6 Å². The van der Waals surface area contributed by atoms with Crippen LogP contribution in [0.2, 0.25) is 0 Å². The molecule has 0 spiro atoms. The van der Waals surface area contributed by atoms with E-state index in [1.807, 2.05) is 17.0 Å². The van der Waals surface area contributed by atoms with Crippen LogP contribution in [0.5, 0.6) is 0 Å². The van der Waals surface area contributed by atoms with Crippen LogP contribution in [0.1, 0.15) is 11.3 Å². The van der Waals surface area contributed by atoms with Gasteiger partial charge in [-0.05, 0) is 36.9 Å². The summed E-state index contributed by atoms with van der Waals surface area (Å²) in [4.78, 5) is 19.3. The maximum absolute atomic E-state index is 14.2. The molecule has 4 heterocycles. The van der Waals surface area contributed by atoms with Gasteiger partial charge in [0.2, 0.25) is 5.95 Å². The SMILES string of the molecule is CN1CCN(Cc2ccc(Nc3ccnc(/C=N/Nc4ncc(F)c(N5CCOCC5)n4)c3)cc2)CC1. The largest absolute Gasteiger partial charge is 0.378 e. The predicted molar refractivity (Wildman–Crippen MR) is 143 cm³/mol. The molecule has 194 valence electrons. The first-order valence-electron chi connectivity index (χ1n) is 12.5. The fourth-order valence-corrected chi connectivity index (χ4v) is 4.29. The first-order chi connectivity index (χ1) is 18.1. The van der Waals surface area contributed by atoms with Crippen LogP contribution >= 0.6 is 0 Å². The first kappa shape index (κ1) is 25.0. The molecule has 2 fully saturated rings. The molecule has 3 aromatic rings. The van der Waals surface area contributed by atoms with E-state index < -0.39 is 5.82 Å². The molecule has 37 heavy (non-hydrogen) atoms. The molecule has 10 nitrogen and oxygen atoms in total. The zero-order valence-corrected chi connectivity index (χ0v) is 21.0. The van der Waals surface area contributed by atoms with Gasteiger partial charge < -0.3 is 19.9 Å². The molecule has 0 unspecified atom stereocenters. The third-order valence-corrected chi connectivity index (χ3v) is 6.42. The molecular weight excluding hydrogens is 473 g/mol. The molecular formula is C26H32FN9O. The van der Waals surface area contributed by atoms with E-state index in [0.29, 0.717) is 32.0 Å². The highest BCUT2D eigenvalue weighted by molar-refractivity contribution is 5.79. The molecule has 2 aliphatic heterocycles. The lowest BCUT2D eigenvalue weighted by molar-refractivity contribution is 0.122. The van der Waals surface area contributed by atoms with Crippen molar-refractivity contribution >= 4 is 29.4 Å². The van der Waals surface area contributed by atoms with Crippen molar-refractivity contribution in [1.82, 2.24) is 24.8 Å². The number of halogens is 1. The van der Waals surface area contributed by atoms with Crippen LogP contribution in [0, 0.1) is 5.82 Å². The quantitative estimate of drug-likeness (QED) is 0.354. The van der Waals surface area contributed by atoms with Crippen LogP contribution in [0.3, 0.4) is 0 Å². The Hall–Kier alpha value is -3.67. The Balaban J connectivity index is 1.16. The lowest BCUT2D eigenvalue weighted by Gasteiger charge is -2.32. The molecule has 2 N–H and O–H groups in total. The number of rotatable bonds is 8. The van der Waals surface area contributed by atoms with Gasteiger partial charge in [0.15, 0.2) is 11.6 Å². The van der Waals surface area contributed by atoms with E-state index in [-0.39, 0.29) is 11.8 Å². The topological polar surface area (TPSA) is 94.0 Å². The van der Waals surface area contributed by atoms with E-state index in [1.165, 1.54) is 5.56 Å². The number of nitrogens with zero attached hydrogens (tertiary/aromatic N) is 7. The zero-order valence-electron chi connectivity index (χ0n) is 21.0. The van der Waals surface area contributed by atoms with Gasteiger partial charge in [0.05, 0.1) is 31.3 Å². The van der Waals surface area contributed by atoms with Gasteiger partial charge in [-0.3, -0.25) is 9.88 Å². The van der Waals surface area contributed by atoms with Gasteiger partial charge in [-0.2, -0.15) is 10.1 Å². The fourth-order valence-electron chi connectivity index (χ4n) is 4.29. The highest BCUT2D eigenvalue weighted by Gasteiger charge is 2.18. The van der Waals surface area contributed by atoms with Gasteiger partial charge in [-0.1, -0.05) is 12.1 Å². The van der Waals surface area contributed by atoms with E-state index in [1.54, 1.807) is 12.4 Å². The average molecular weight is 506 g/mol. The van der Waals surface area contributed by atoms with Gasteiger partial charge in [-0.25, -0.2) is 14.8 Å². The molecule has 0 radical (unpaired) electrons. The van der Waals surface area contributed by atoms with Crippen molar-refractivity contribution in [3.8, 4) is 0 Å². The van der Waals surface area contributed by atoms with Crippen molar-refractivity contribution in [2.75, 3.05) is 75.2 Å². The molecule has 11 heteroatoms. The Bertz CT molecular complexity index is 1190. The second-order valence-electron chi connectivity index (χ2n) is 9.21. The standard InChI is InChI=1S/C26H32FN9O/c1-34-8-10-35(11-9-34)19-20-2-4-21(5-3-20)31-22-6-7-28-23(16-22)17-30-33-26-29-18-24(27)25(32-26)36-12-14-37-15-13-36/h2-7,16-18H,8-15,19H2,1H3,(H,28,31)(H,29,32,33)/b30-17+. The maximum Gasteiger partial charge on any atom is 0.245 e. The molecule has 2 aliphatic rings. The summed E-state index contributed by atoms with van der Waals surface area (Å²) < 4.78 is 19.5. The number of nitrogens with one attached hydrogen (secondary N) is 2. The number of anilines is 4. The lowest BCUT2D eigenvalue weighted by Crippen LogP contribution is -2.43. The molecule has 2 aromatic heterocycles. The van der Waals surface area contributed by atoms with Gasteiger partial charge >= 0.3 is 0 Å². The normalized spacial score (nSPS) is 17.3. The lowest BCUT2D eigenvalue weighted by atomic mass is 10.1. The Morgan fingerprint density at radius 2 is 1.78 bits per heavy atom. The van der Waals surface area contributed by atoms with Crippen molar-refractivity contribution in [3.63, 3.8) is 0 Å². The van der Waals surface area contributed by atoms with E-state index in [0.717, 1.165) is 50.3 Å². The molecule has 2 saturated heterocycles. The van der Waals surface area contributed by atoms with E-state index in [4.69, 9.17) is 4.74 Å². The summed E-state index contributed by atoms with van der Waals surface area (Å²) in [5, 5.41) is 7.60. The van der Waals surface area contributed by atoms with Gasteiger partial charge in [0, 0.05) is 63.4 Å². The summed E-state index contributed by atoms with van der Waals surface area (Å²) in [5.74, 6) is -0.0100. The third kappa shape index (κ3) is 6.97. The molecule has 0 atom stereocenters. The number of benzene rings is 1. The first-order valence-corrected chi connectivity index (χ1v) is 12.5. The molecule has 1 aromatic carbocycles. The van der Waals surface area contributed by atoms with Crippen molar-refractivity contribution in [2.45, 2.75) is 6.54 Å². The van der Waals surface area contributed by atoms with Crippen LogP contribution in [-0.4, -0.2) is 90.5 Å². The third-order valence-electron chi connectivity index (χ3n) is 6.42. The summed E-state index contributed by atoms with van der Waals surface area (Å²) in [6, 6.07) is 12.3. The van der Waals surface area contributed by atoms with E-state index in [9.17, 15) is 4.39 Å². The maximum atomic E-state index is 14.2. The van der Waals surface area contributed by atoms with Gasteiger partial charge in [-0.15, -0.1) is 0 Å². The van der Waals surface area contributed by atoms with Crippen LogP contribution in [-0.2, 0) is 11.3 Å². The van der Waals surface area contributed by atoms with E-state index in [2.05, 4.69) is 71.9 Å². The number of likely N-dealkylation sites (N-methyl/N-ethyl adjacent to an activating group) is 1. The van der Waals surface area contributed by atoms with Crippen molar-refractivity contribution in [1.29, 1.82) is 0 Å². The molecule has 0 amide bonds. The summed E-state index contributed by atoms with van der Waals surface area (Å²) in [6.07, 6.45) is 4.44. The highest BCUT2D eigenvalue weighted by Crippen LogP contribution is 2.20. The van der Waals surface area contributed by atoms with Crippen LogP contribution in [0.4, 0.5) is 27.5 Å². The molecule has 0 aliphatic carbocycles. The number of hydrazone groups is 1. The highest BCUT2D eigenvalue weighted by atomic mass is 19.1. The Morgan fingerprint density at radius 1 is 1.00 bits per heavy atom. The molecule has 5 rings (SSSR count). The molecule has 0 bridgehead atoms. The summed E-state index contributed by atoms with van der Waals surface area (Å²) in [6.45, 7) is 7.68. The predicted octanol–water partition coefficient (Wildman–Crippen LogP) is 2.78. The molecule has 0 saturated carbocycles. The van der Waals surface area contributed by atoms with Crippen LogP contribution in [0.15, 0.2) is 53.9 Å². The number of ether oxygens (including phenoxy) is 1. The number of piperazine rings is 1. The summed E-state index contributed by atoms with van der Waals surface area (Å²) >= 11 is 0. The minimum Gasteiger partial charge on any atom is -0.378 e. The number of aromatic nitrogens is 3. The number of morpholine rings is 1. The van der Waals surface area contributed by atoms with Crippen LogP contribution in [0.25, 0.3) is 0 Å². The second kappa shape index (κ2) is 12.0. The summed E-state index contributed by atoms with van der Waals surface area (Å²) in [5.41, 5.74) is 6.63. The zero-order chi connectivity index (χ0) is 25.5.